The van der Waals surface area contributed by atoms with Crippen LogP contribution in [0.5, 0.6) is 0 Å². The van der Waals surface area contributed by atoms with E-state index in [4.69, 9.17) is 0 Å². The number of hydrogen-bond acceptors (Lipinski definition) is 0. The zero-order valence-electron chi connectivity index (χ0n) is 12.3. The SMILES string of the molecule is Fc1cccc2c1ccc1c3c(ccc12)C(C(F)(F)F)CCC3. The second-order valence-corrected chi connectivity index (χ2v) is 6.12. The van der Waals surface area contributed by atoms with Crippen LogP contribution < -0.4 is 0 Å². The summed E-state index contributed by atoms with van der Waals surface area (Å²) >= 11 is 0. The third-order valence-electron chi connectivity index (χ3n) is 4.84. The molecule has 0 N–H and O–H groups in total. The van der Waals surface area contributed by atoms with Crippen LogP contribution in [0.15, 0.2) is 42.5 Å². The summed E-state index contributed by atoms with van der Waals surface area (Å²) in [7, 11) is 0. The van der Waals surface area contributed by atoms with E-state index in [2.05, 4.69) is 0 Å². The van der Waals surface area contributed by atoms with E-state index in [1.807, 2.05) is 6.07 Å². The first-order valence-corrected chi connectivity index (χ1v) is 7.66. The Morgan fingerprint density at radius 3 is 2.30 bits per heavy atom. The zero-order valence-corrected chi connectivity index (χ0v) is 12.3. The van der Waals surface area contributed by atoms with Crippen molar-refractivity contribution in [2.75, 3.05) is 0 Å². The Morgan fingerprint density at radius 2 is 1.52 bits per heavy atom. The minimum Gasteiger partial charge on any atom is -0.206 e. The van der Waals surface area contributed by atoms with Gasteiger partial charge in [0.1, 0.15) is 5.82 Å². The van der Waals surface area contributed by atoms with Crippen molar-refractivity contribution in [2.24, 2.45) is 0 Å². The number of benzene rings is 3. The molecule has 1 aliphatic rings. The molecule has 0 fully saturated rings. The summed E-state index contributed by atoms with van der Waals surface area (Å²) in [6.45, 7) is 0. The van der Waals surface area contributed by atoms with Gasteiger partial charge in [-0.25, -0.2) is 4.39 Å². The molecule has 0 heterocycles. The van der Waals surface area contributed by atoms with E-state index >= 15 is 0 Å². The van der Waals surface area contributed by atoms with Crippen LogP contribution in [-0.4, -0.2) is 6.18 Å². The first-order chi connectivity index (χ1) is 11.0. The largest absolute Gasteiger partial charge is 0.395 e. The molecular formula is C19H14F4. The summed E-state index contributed by atoms with van der Waals surface area (Å²) in [5, 5.41) is 2.89. The summed E-state index contributed by atoms with van der Waals surface area (Å²) in [6.07, 6.45) is -2.91. The highest BCUT2D eigenvalue weighted by Crippen LogP contribution is 2.45. The predicted octanol–water partition coefficient (Wildman–Crippen LogP) is 6.11. The van der Waals surface area contributed by atoms with Gasteiger partial charge in [0.05, 0.1) is 5.92 Å². The molecule has 3 aromatic carbocycles. The third kappa shape index (κ3) is 2.19. The maximum atomic E-state index is 13.9. The van der Waals surface area contributed by atoms with Crippen LogP contribution >= 0.6 is 0 Å². The Balaban J connectivity index is 2.03. The van der Waals surface area contributed by atoms with Crippen molar-refractivity contribution in [1.29, 1.82) is 0 Å². The molecule has 118 valence electrons. The number of rotatable bonds is 0. The monoisotopic (exact) mass is 318 g/mol. The van der Waals surface area contributed by atoms with E-state index in [0.717, 1.165) is 21.7 Å². The topological polar surface area (TPSA) is 0 Å². The second-order valence-electron chi connectivity index (χ2n) is 6.12. The van der Waals surface area contributed by atoms with Crippen LogP contribution in [0.4, 0.5) is 17.6 Å². The average Bonchev–Trinajstić information content (AvgIpc) is 2.53. The van der Waals surface area contributed by atoms with Crippen LogP contribution in [0.1, 0.15) is 29.9 Å². The Hall–Kier alpha value is -2.10. The van der Waals surface area contributed by atoms with E-state index in [9.17, 15) is 17.6 Å². The Labute approximate surface area is 130 Å². The molecule has 0 aromatic heterocycles. The van der Waals surface area contributed by atoms with Crippen molar-refractivity contribution < 1.29 is 17.6 Å². The highest BCUT2D eigenvalue weighted by molar-refractivity contribution is 6.09. The molecule has 1 unspecified atom stereocenters. The van der Waals surface area contributed by atoms with Gasteiger partial charge in [-0.05, 0) is 52.6 Å². The molecular weight excluding hydrogens is 304 g/mol. The van der Waals surface area contributed by atoms with Gasteiger partial charge in [-0.1, -0.05) is 36.4 Å². The van der Waals surface area contributed by atoms with Crippen molar-refractivity contribution in [1.82, 2.24) is 0 Å². The first-order valence-electron chi connectivity index (χ1n) is 7.66. The molecule has 4 rings (SSSR count). The zero-order chi connectivity index (χ0) is 16.2. The highest BCUT2D eigenvalue weighted by atomic mass is 19.4. The van der Waals surface area contributed by atoms with Gasteiger partial charge < -0.3 is 0 Å². The summed E-state index contributed by atoms with van der Waals surface area (Å²) in [5.41, 5.74) is 1.15. The fourth-order valence-corrected chi connectivity index (χ4v) is 3.80. The van der Waals surface area contributed by atoms with E-state index < -0.39 is 12.1 Å². The minimum absolute atomic E-state index is 0.143. The van der Waals surface area contributed by atoms with Crippen LogP contribution in [0.2, 0.25) is 0 Å². The number of hydrogen-bond donors (Lipinski definition) is 0. The molecule has 1 aliphatic carbocycles. The molecule has 0 radical (unpaired) electrons. The predicted molar refractivity (Wildman–Crippen MR) is 83.1 cm³/mol. The highest BCUT2D eigenvalue weighted by Gasteiger charge is 2.42. The lowest BCUT2D eigenvalue weighted by atomic mass is 9.79. The van der Waals surface area contributed by atoms with Gasteiger partial charge in [0.2, 0.25) is 0 Å². The Kier molecular flexibility index (Phi) is 3.12. The second kappa shape index (κ2) is 4.95. The van der Waals surface area contributed by atoms with Crippen molar-refractivity contribution >= 4 is 21.5 Å². The van der Waals surface area contributed by atoms with Crippen LogP contribution in [-0.2, 0) is 6.42 Å². The number of halogens is 4. The fourth-order valence-electron chi connectivity index (χ4n) is 3.80. The van der Waals surface area contributed by atoms with Crippen molar-refractivity contribution in [3.8, 4) is 0 Å². The first kappa shape index (κ1) is 14.5. The molecule has 4 heteroatoms. The van der Waals surface area contributed by atoms with Crippen molar-refractivity contribution in [2.45, 2.75) is 31.4 Å². The van der Waals surface area contributed by atoms with Gasteiger partial charge in [-0.2, -0.15) is 13.2 Å². The molecule has 1 atom stereocenters. The lowest BCUT2D eigenvalue weighted by Gasteiger charge is -2.28. The van der Waals surface area contributed by atoms with E-state index in [1.54, 1.807) is 30.3 Å². The van der Waals surface area contributed by atoms with Crippen LogP contribution in [0, 0.1) is 5.82 Å². The van der Waals surface area contributed by atoms with Crippen molar-refractivity contribution in [3.63, 3.8) is 0 Å². The molecule has 0 nitrogen and oxygen atoms in total. The van der Waals surface area contributed by atoms with E-state index in [-0.39, 0.29) is 12.2 Å². The summed E-state index contributed by atoms with van der Waals surface area (Å²) in [6, 6.07) is 11.6. The minimum atomic E-state index is -4.22. The number of aryl methyl sites for hydroxylation is 1. The number of fused-ring (bicyclic) bond motifs is 5. The lowest BCUT2D eigenvalue weighted by Crippen LogP contribution is -2.25. The standard InChI is InChI=1S/C19H14F4/c20-18-6-2-4-12-14-7-9-15-11(13(14)8-10-16(12)18)3-1-5-17(15)19(21,22)23/h2,4,6-10,17H,1,3,5H2. The van der Waals surface area contributed by atoms with Gasteiger partial charge in [0.15, 0.2) is 0 Å². The fraction of sp³-hybridized carbons (Fsp3) is 0.263. The molecule has 3 aromatic rings. The Morgan fingerprint density at radius 1 is 0.826 bits per heavy atom. The van der Waals surface area contributed by atoms with Gasteiger partial charge in [-0.3, -0.25) is 0 Å². The molecule has 0 aliphatic heterocycles. The van der Waals surface area contributed by atoms with Crippen LogP contribution in [0.3, 0.4) is 0 Å². The van der Waals surface area contributed by atoms with E-state index in [1.165, 1.54) is 6.07 Å². The molecule has 0 saturated heterocycles. The molecule has 0 spiro atoms. The quantitative estimate of drug-likeness (QED) is 0.346. The molecule has 23 heavy (non-hydrogen) atoms. The average molecular weight is 318 g/mol. The normalized spacial score (nSPS) is 18.3. The molecule has 0 saturated carbocycles. The van der Waals surface area contributed by atoms with Gasteiger partial charge in [-0.15, -0.1) is 0 Å². The van der Waals surface area contributed by atoms with E-state index in [0.29, 0.717) is 23.8 Å². The van der Waals surface area contributed by atoms with Crippen molar-refractivity contribution in [3.05, 3.63) is 59.4 Å². The Bertz CT molecular complexity index is 909. The molecule has 0 bridgehead atoms. The lowest BCUT2D eigenvalue weighted by molar-refractivity contribution is -0.153. The maximum absolute atomic E-state index is 13.9. The smallest absolute Gasteiger partial charge is 0.206 e. The van der Waals surface area contributed by atoms with Gasteiger partial charge in [0.25, 0.3) is 0 Å². The van der Waals surface area contributed by atoms with Crippen LogP contribution in [0.25, 0.3) is 21.5 Å². The third-order valence-corrected chi connectivity index (χ3v) is 4.84. The summed E-state index contributed by atoms with van der Waals surface area (Å²) in [4.78, 5) is 0. The maximum Gasteiger partial charge on any atom is 0.395 e. The summed E-state index contributed by atoms with van der Waals surface area (Å²) in [5.74, 6) is -1.70. The summed E-state index contributed by atoms with van der Waals surface area (Å²) < 4.78 is 53.8. The van der Waals surface area contributed by atoms with Gasteiger partial charge in [0, 0.05) is 5.39 Å². The molecule has 0 amide bonds. The number of alkyl halides is 3. The van der Waals surface area contributed by atoms with Gasteiger partial charge >= 0.3 is 6.18 Å².